The molecule has 1 N–H and O–H groups in total. The largest absolute Gasteiger partial charge is 0.339 e. The Balaban J connectivity index is 1.76. The molecule has 0 bridgehead atoms. The van der Waals surface area contributed by atoms with Crippen LogP contribution >= 0.6 is 0 Å². The van der Waals surface area contributed by atoms with Crippen LogP contribution in [0.1, 0.15) is 82.8 Å². The van der Waals surface area contributed by atoms with E-state index in [1.165, 1.54) is 44.9 Å². The van der Waals surface area contributed by atoms with E-state index in [1.54, 1.807) is 0 Å². The summed E-state index contributed by atoms with van der Waals surface area (Å²) in [5.41, 5.74) is 0.0718. The van der Waals surface area contributed by atoms with E-state index >= 15 is 0 Å². The van der Waals surface area contributed by atoms with Crippen molar-refractivity contribution in [1.82, 2.24) is 15.5 Å². The van der Waals surface area contributed by atoms with E-state index < -0.39 is 0 Å². The summed E-state index contributed by atoms with van der Waals surface area (Å²) in [6.45, 7) is 6.63. The van der Waals surface area contributed by atoms with Gasteiger partial charge in [0.2, 0.25) is 5.89 Å². The first kappa shape index (κ1) is 15.0. The van der Waals surface area contributed by atoms with E-state index in [0.29, 0.717) is 5.92 Å². The average Bonchev–Trinajstić information content (AvgIpc) is 3.06. The number of rotatable bonds is 4. The molecule has 0 radical (unpaired) electrons. The first-order valence-electron chi connectivity index (χ1n) is 8.82. The summed E-state index contributed by atoms with van der Waals surface area (Å²) in [4.78, 5) is 4.85. The van der Waals surface area contributed by atoms with Gasteiger partial charge in [-0.15, -0.1) is 0 Å². The maximum absolute atomic E-state index is 5.72. The molecule has 1 aliphatic carbocycles. The smallest absolute Gasteiger partial charge is 0.234 e. The average molecular weight is 291 g/mol. The minimum Gasteiger partial charge on any atom is -0.339 e. The van der Waals surface area contributed by atoms with E-state index in [2.05, 4.69) is 24.3 Å². The predicted octanol–water partition coefficient (Wildman–Crippen LogP) is 3.78. The molecule has 118 valence electrons. The van der Waals surface area contributed by atoms with Gasteiger partial charge in [0, 0.05) is 12.5 Å². The fourth-order valence-corrected chi connectivity index (χ4v) is 4.12. The van der Waals surface area contributed by atoms with Crippen molar-refractivity contribution < 1.29 is 4.52 Å². The molecule has 3 atom stereocenters. The molecule has 1 aliphatic heterocycles. The lowest BCUT2D eigenvalue weighted by Crippen LogP contribution is -2.43. The molecule has 1 saturated heterocycles. The quantitative estimate of drug-likeness (QED) is 0.917. The topological polar surface area (TPSA) is 51.0 Å². The highest BCUT2D eigenvalue weighted by molar-refractivity contribution is 5.10. The number of piperidine rings is 1. The molecule has 1 aromatic heterocycles. The van der Waals surface area contributed by atoms with E-state index in [4.69, 9.17) is 9.51 Å². The number of hydrogen-bond acceptors (Lipinski definition) is 4. The third kappa shape index (κ3) is 3.01. The number of nitrogens with zero attached hydrogens (tertiary/aromatic N) is 2. The van der Waals surface area contributed by atoms with Crippen molar-refractivity contribution in [3.8, 4) is 0 Å². The molecule has 1 aromatic rings. The summed E-state index contributed by atoms with van der Waals surface area (Å²) in [5, 5.41) is 7.87. The van der Waals surface area contributed by atoms with Gasteiger partial charge < -0.3 is 9.84 Å². The molecule has 4 heteroatoms. The molecule has 4 nitrogen and oxygen atoms in total. The van der Waals surface area contributed by atoms with Gasteiger partial charge in [-0.25, -0.2) is 0 Å². The van der Waals surface area contributed by atoms with Gasteiger partial charge in [0.05, 0.1) is 5.41 Å². The summed E-state index contributed by atoms with van der Waals surface area (Å²) in [7, 11) is 0. The second-order valence-electron chi connectivity index (χ2n) is 7.01. The molecule has 0 aromatic carbocycles. The lowest BCUT2D eigenvalue weighted by Gasteiger charge is -2.33. The zero-order valence-corrected chi connectivity index (χ0v) is 13.5. The van der Waals surface area contributed by atoms with Crippen molar-refractivity contribution in [1.29, 1.82) is 0 Å². The molecule has 3 unspecified atom stereocenters. The van der Waals surface area contributed by atoms with Crippen molar-refractivity contribution in [2.75, 3.05) is 13.1 Å². The molecule has 3 rings (SSSR count). The Morgan fingerprint density at radius 1 is 1.29 bits per heavy atom. The molecule has 1 saturated carbocycles. The van der Waals surface area contributed by atoms with Crippen LogP contribution in [-0.4, -0.2) is 23.2 Å². The van der Waals surface area contributed by atoms with E-state index in [0.717, 1.165) is 37.1 Å². The Morgan fingerprint density at radius 3 is 2.90 bits per heavy atom. The fourth-order valence-electron chi connectivity index (χ4n) is 4.12. The molecular formula is C17H29N3O. The van der Waals surface area contributed by atoms with Crippen LogP contribution in [0.3, 0.4) is 0 Å². The summed E-state index contributed by atoms with van der Waals surface area (Å²) in [5.74, 6) is 3.22. The summed E-state index contributed by atoms with van der Waals surface area (Å²) < 4.78 is 5.72. The van der Waals surface area contributed by atoms with Crippen molar-refractivity contribution in [3.05, 3.63) is 11.7 Å². The standard InChI is InChI=1S/C17H29N3O/c1-3-13-7-5-8-14(11-13)15-19-16(21-20-15)17(4-2)9-6-10-18-12-17/h13-14,18H,3-12H2,1-2H3. The predicted molar refractivity (Wildman–Crippen MR) is 83.4 cm³/mol. The van der Waals surface area contributed by atoms with Crippen LogP contribution in [0.15, 0.2) is 4.52 Å². The lowest BCUT2D eigenvalue weighted by atomic mass is 9.78. The van der Waals surface area contributed by atoms with Gasteiger partial charge in [-0.3, -0.25) is 0 Å². The summed E-state index contributed by atoms with van der Waals surface area (Å²) in [6.07, 6.45) is 9.88. The second-order valence-corrected chi connectivity index (χ2v) is 7.01. The number of hydrogen-bond donors (Lipinski definition) is 1. The minimum absolute atomic E-state index is 0.0718. The number of nitrogens with one attached hydrogen (secondary N) is 1. The third-order valence-electron chi connectivity index (χ3n) is 5.77. The Kier molecular flexibility index (Phi) is 4.63. The van der Waals surface area contributed by atoms with Crippen molar-refractivity contribution >= 4 is 0 Å². The second kappa shape index (κ2) is 6.47. The summed E-state index contributed by atoms with van der Waals surface area (Å²) in [6, 6.07) is 0. The van der Waals surface area contributed by atoms with Gasteiger partial charge in [0.15, 0.2) is 5.82 Å². The maximum atomic E-state index is 5.72. The molecule has 0 amide bonds. The normalized spacial score (nSPS) is 34.0. The Labute approximate surface area is 128 Å². The van der Waals surface area contributed by atoms with Crippen LogP contribution in [0.2, 0.25) is 0 Å². The van der Waals surface area contributed by atoms with Crippen LogP contribution in [0.5, 0.6) is 0 Å². The van der Waals surface area contributed by atoms with E-state index in [1.807, 2.05) is 0 Å². The van der Waals surface area contributed by atoms with E-state index in [9.17, 15) is 0 Å². The van der Waals surface area contributed by atoms with Gasteiger partial charge in [0.1, 0.15) is 0 Å². The highest BCUT2D eigenvalue weighted by Crippen LogP contribution is 2.38. The van der Waals surface area contributed by atoms with Crippen molar-refractivity contribution in [2.45, 2.75) is 76.5 Å². The fraction of sp³-hybridized carbons (Fsp3) is 0.882. The van der Waals surface area contributed by atoms with Crippen LogP contribution in [0.25, 0.3) is 0 Å². The number of aromatic nitrogens is 2. The monoisotopic (exact) mass is 291 g/mol. The Bertz CT molecular complexity index is 451. The van der Waals surface area contributed by atoms with Crippen molar-refractivity contribution in [3.63, 3.8) is 0 Å². The van der Waals surface area contributed by atoms with Gasteiger partial charge >= 0.3 is 0 Å². The SMILES string of the molecule is CCC1CCCC(c2noc(C3(CC)CCCNC3)n2)C1. The minimum atomic E-state index is 0.0718. The summed E-state index contributed by atoms with van der Waals surface area (Å²) >= 11 is 0. The molecule has 2 heterocycles. The Hall–Kier alpha value is -0.900. The molecular weight excluding hydrogens is 262 g/mol. The maximum Gasteiger partial charge on any atom is 0.234 e. The zero-order chi connectivity index (χ0) is 14.7. The molecule has 0 spiro atoms. The van der Waals surface area contributed by atoms with Crippen molar-refractivity contribution in [2.24, 2.45) is 5.92 Å². The Morgan fingerprint density at radius 2 is 2.19 bits per heavy atom. The molecule has 2 fully saturated rings. The third-order valence-corrected chi connectivity index (χ3v) is 5.77. The highest BCUT2D eigenvalue weighted by Gasteiger charge is 2.38. The van der Waals surface area contributed by atoms with Crippen LogP contribution in [0, 0.1) is 5.92 Å². The van der Waals surface area contributed by atoms with Gasteiger partial charge in [0.25, 0.3) is 0 Å². The molecule has 2 aliphatic rings. The van der Waals surface area contributed by atoms with Gasteiger partial charge in [-0.2, -0.15) is 4.98 Å². The zero-order valence-electron chi connectivity index (χ0n) is 13.5. The first-order valence-corrected chi connectivity index (χ1v) is 8.82. The van der Waals surface area contributed by atoms with Crippen LogP contribution in [0.4, 0.5) is 0 Å². The molecule has 21 heavy (non-hydrogen) atoms. The van der Waals surface area contributed by atoms with Gasteiger partial charge in [-0.1, -0.05) is 38.3 Å². The highest BCUT2D eigenvalue weighted by atomic mass is 16.5. The van der Waals surface area contributed by atoms with Crippen LogP contribution in [-0.2, 0) is 5.41 Å². The lowest BCUT2D eigenvalue weighted by molar-refractivity contribution is 0.219. The van der Waals surface area contributed by atoms with Crippen LogP contribution < -0.4 is 5.32 Å². The first-order chi connectivity index (χ1) is 10.3. The van der Waals surface area contributed by atoms with E-state index in [-0.39, 0.29) is 5.41 Å². The van der Waals surface area contributed by atoms with Gasteiger partial charge in [-0.05, 0) is 44.6 Å².